The lowest BCUT2D eigenvalue weighted by atomic mass is 9.39. The maximum absolute atomic E-state index is 13.7. The second kappa shape index (κ2) is 10.1. The molecule has 0 aromatic heterocycles. The summed E-state index contributed by atoms with van der Waals surface area (Å²) in [6.07, 6.45) is 5.97. The van der Waals surface area contributed by atoms with Gasteiger partial charge in [0.15, 0.2) is 0 Å². The van der Waals surface area contributed by atoms with Crippen molar-refractivity contribution in [3.63, 3.8) is 0 Å². The zero-order chi connectivity index (χ0) is 21.8. The Morgan fingerprint density at radius 2 is 2.00 bits per heavy atom. The van der Waals surface area contributed by atoms with Crippen LogP contribution in [0.3, 0.4) is 0 Å². The van der Waals surface area contributed by atoms with Gasteiger partial charge in [0.2, 0.25) is 11.8 Å². The Labute approximate surface area is 182 Å². The normalized spacial score (nSPS) is 35.7. The average molecular weight is 448 g/mol. The number of carbonyl (C=O) groups is 2. The van der Waals surface area contributed by atoms with Crippen LogP contribution in [0.4, 0.5) is 4.39 Å². The van der Waals surface area contributed by atoms with Gasteiger partial charge in [0.25, 0.3) is 0 Å². The highest BCUT2D eigenvalue weighted by molar-refractivity contribution is 6.21. The van der Waals surface area contributed by atoms with Crippen LogP contribution in [0, 0.1) is 5.41 Å². The fraction of sp³-hybridized carbons (Fsp3) is 0.905. The number of amides is 2. The molecule has 4 aliphatic rings. The number of nitrogens with two attached hydrogens (primary N) is 1. The van der Waals surface area contributed by atoms with E-state index in [0.717, 1.165) is 25.7 Å². The van der Waals surface area contributed by atoms with Gasteiger partial charge in [0, 0.05) is 18.5 Å². The van der Waals surface area contributed by atoms with Crippen molar-refractivity contribution in [3.8, 4) is 0 Å². The maximum Gasteiger partial charge on any atom is 0.246 e. The van der Waals surface area contributed by atoms with Crippen LogP contribution in [-0.4, -0.2) is 54.3 Å². The molecule has 4 saturated carbocycles. The van der Waals surface area contributed by atoms with Gasteiger partial charge in [0.05, 0.1) is 23.0 Å². The number of halogens is 2. The molecule has 172 valence electrons. The van der Waals surface area contributed by atoms with Crippen molar-refractivity contribution in [2.45, 2.75) is 100 Å². The number of nitrogens with one attached hydrogen (secondary N) is 2. The number of carbonyl (C=O) groups excluding carboxylic acids is 2. The number of ether oxygens (including phenoxy) is 1. The lowest BCUT2D eigenvalue weighted by Crippen LogP contribution is -2.78. The fourth-order valence-corrected chi connectivity index (χ4v) is 5.34. The van der Waals surface area contributed by atoms with Crippen LogP contribution in [0.5, 0.6) is 0 Å². The van der Waals surface area contributed by atoms with Crippen LogP contribution in [0.1, 0.15) is 71.1 Å². The van der Waals surface area contributed by atoms with E-state index in [4.69, 9.17) is 27.1 Å². The molecule has 4 atom stereocenters. The molecule has 30 heavy (non-hydrogen) atoms. The summed E-state index contributed by atoms with van der Waals surface area (Å²) in [6, 6.07) is 0. The van der Waals surface area contributed by atoms with Gasteiger partial charge in [-0.1, -0.05) is 26.2 Å². The Morgan fingerprint density at radius 1 is 1.27 bits per heavy atom. The molecule has 0 aliphatic heterocycles. The van der Waals surface area contributed by atoms with Crippen molar-refractivity contribution in [1.29, 1.82) is 0 Å². The summed E-state index contributed by atoms with van der Waals surface area (Å²) in [5.74, 6) is 5.15. The molecule has 2 bridgehead atoms. The largest absolute Gasteiger partial charge is 0.368 e. The van der Waals surface area contributed by atoms with Gasteiger partial charge in [0.1, 0.15) is 12.8 Å². The van der Waals surface area contributed by atoms with E-state index in [1.807, 2.05) is 0 Å². The lowest BCUT2D eigenvalue weighted by molar-refractivity contribution is -0.185. The second-order valence-corrected chi connectivity index (χ2v) is 9.94. The Hall–Kier alpha value is -0.960. The summed E-state index contributed by atoms with van der Waals surface area (Å²) in [6.45, 7) is 2.46. The third-order valence-electron chi connectivity index (χ3n) is 6.82. The van der Waals surface area contributed by atoms with Crippen LogP contribution in [-0.2, 0) is 19.2 Å². The predicted molar refractivity (Wildman–Crippen MR) is 111 cm³/mol. The molecule has 4 fully saturated rings. The third kappa shape index (κ3) is 5.44. The van der Waals surface area contributed by atoms with Crippen LogP contribution < -0.4 is 16.5 Å². The summed E-state index contributed by atoms with van der Waals surface area (Å²) in [5.41, 5.74) is -0.671. The van der Waals surface area contributed by atoms with E-state index >= 15 is 0 Å². The minimum absolute atomic E-state index is 0.0132. The standard InChI is InChI=1S/C21H35ClFN3O4/c1-2-3-4-5-15(30-24)9-25-19(28)20-11-21(12-20,13-20)26-18(27)10-29-14-6-7-16(22)17(23)8-14/h14-17H,2-13,24H2,1H3,(H,25,28)(H,26,27). The summed E-state index contributed by atoms with van der Waals surface area (Å²) in [5, 5.41) is 5.51. The van der Waals surface area contributed by atoms with Gasteiger partial charge in [-0.25, -0.2) is 10.3 Å². The van der Waals surface area contributed by atoms with Gasteiger partial charge < -0.3 is 15.4 Å². The summed E-state index contributed by atoms with van der Waals surface area (Å²) >= 11 is 5.87. The Morgan fingerprint density at radius 3 is 2.63 bits per heavy atom. The zero-order valence-corrected chi connectivity index (χ0v) is 18.5. The van der Waals surface area contributed by atoms with Crippen LogP contribution in [0.25, 0.3) is 0 Å². The molecule has 0 aromatic carbocycles. The SMILES string of the molecule is CCCCCC(CNC(=O)C12CC(NC(=O)COC3CCC(Cl)C(F)C3)(C1)C2)ON. The first kappa shape index (κ1) is 23.7. The van der Waals surface area contributed by atoms with E-state index < -0.39 is 11.5 Å². The first-order valence-corrected chi connectivity index (χ1v) is 11.6. The quantitative estimate of drug-likeness (QED) is 0.242. The highest BCUT2D eigenvalue weighted by atomic mass is 35.5. The molecule has 4 unspecified atom stereocenters. The fourth-order valence-electron chi connectivity index (χ4n) is 5.11. The molecule has 4 rings (SSSR count). The summed E-state index contributed by atoms with van der Waals surface area (Å²) in [7, 11) is 0. The van der Waals surface area contributed by atoms with E-state index in [2.05, 4.69) is 17.6 Å². The molecule has 7 nitrogen and oxygen atoms in total. The molecule has 0 saturated heterocycles. The number of unbranched alkanes of at least 4 members (excludes halogenated alkanes) is 2. The van der Waals surface area contributed by atoms with Gasteiger partial charge in [-0.05, 0) is 38.5 Å². The zero-order valence-electron chi connectivity index (χ0n) is 17.8. The minimum atomic E-state index is -1.08. The highest BCUT2D eigenvalue weighted by Crippen LogP contribution is 2.67. The van der Waals surface area contributed by atoms with Crippen molar-refractivity contribution in [3.05, 3.63) is 0 Å². The molecule has 4 aliphatic carbocycles. The minimum Gasteiger partial charge on any atom is -0.368 e. The van der Waals surface area contributed by atoms with E-state index in [-0.39, 0.29) is 48.0 Å². The van der Waals surface area contributed by atoms with Gasteiger partial charge in [-0.15, -0.1) is 11.6 Å². The van der Waals surface area contributed by atoms with E-state index in [0.29, 0.717) is 38.6 Å². The number of hydrogen-bond acceptors (Lipinski definition) is 5. The first-order valence-electron chi connectivity index (χ1n) is 11.2. The van der Waals surface area contributed by atoms with E-state index in [1.165, 1.54) is 0 Å². The molecule has 0 spiro atoms. The monoisotopic (exact) mass is 447 g/mol. The van der Waals surface area contributed by atoms with Crippen LogP contribution >= 0.6 is 11.6 Å². The molecule has 9 heteroatoms. The second-order valence-electron chi connectivity index (χ2n) is 9.38. The average Bonchev–Trinajstić information content (AvgIpc) is 2.67. The molecule has 4 N–H and O–H groups in total. The van der Waals surface area contributed by atoms with Crippen molar-refractivity contribution in [1.82, 2.24) is 10.6 Å². The van der Waals surface area contributed by atoms with Crippen LogP contribution in [0.15, 0.2) is 0 Å². The highest BCUT2D eigenvalue weighted by Gasteiger charge is 2.72. The maximum atomic E-state index is 13.7. The third-order valence-corrected chi connectivity index (χ3v) is 7.32. The van der Waals surface area contributed by atoms with E-state index in [9.17, 15) is 14.0 Å². The first-order chi connectivity index (χ1) is 14.3. The van der Waals surface area contributed by atoms with Gasteiger partial charge in [-0.2, -0.15) is 0 Å². The molecular formula is C21H35ClFN3O4. The summed E-state index contributed by atoms with van der Waals surface area (Å²) < 4.78 is 19.2. The Kier molecular flexibility index (Phi) is 7.98. The van der Waals surface area contributed by atoms with Gasteiger partial charge in [-0.3, -0.25) is 14.4 Å². The van der Waals surface area contributed by atoms with Crippen molar-refractivity contribution in [2.24, 2.45) is 11.3 Å². The number of rotatable bonds is 12. The number of alkyl halides is 2. The van der Waals surface area contributed by atoms with Gasteiger partial charge >= 0.3 is 0 Å². The van der Waals surface area contributed by atoms with Crippen molar-refractivity contribution in [2.75, 3.05) is 13.2 Å². The molecule has 2 amide bonds. The van der Waals surface area contributed by atoms with Crippen molar-refractivity contribution < 1.29 is 23.6 Å². The molecular weight excluding hydrogens is 413 g/mol. The molecule has 0 radical (unpaired) electrons. The molecule has 0 aromatic rings. The van der Waals surface area contributed by atoms with Crippen LogP contribution in [0.2, 0.25) is 0 Å². The van der Waals surface area contributed by atoms with Crippen molar-refractivity contribution >= 4 is 23.4 Å². The van der Waals surface area contributed by atoms with E-state index in [1.54, 1.807) is 0 Å². The topological polar surface area (TPSA) is 103 Å². The predicted octanol–water partition coefficient (Wildman–Crippen LogP) is 2.50. The number of hydrogen-bond donors (Lipinski definition) is 3. The smallest absolute Gasteiger partial charge is 0.246 e. The Balaban J connectivity index is 1.32. The molecule has 0 heterocycles. The lowest BCUT2D eigenvalue weighted by Gasteiger charge is -2.69. The Bertz CT molecular complexity index is 603. The summed E-state index contributed by atoms with van der Waals surface area (Å²) in [4.78, 5) is 29.8.